The van der Waals surface area contributed by atoms with Gasteiger partial charge in [0.1, 0.15) is 5.75 Å². The lowest BCUT2D eigenvalue weighted by Crippen LogP contribution is -2.56. The molecule has 2 fully saturated rings. The van der Waals surface area contributed by atoms with Gasteiger partial charge in [0.05, 0.1) is 6.61 Å². The van der Waals surface area contributed by atoms with Crippen LogP contribution in [0.15, 0.2) is 41.8 Å². The maximum absolute atomic E-state index is 12.5. The first kappa shape index (κ1) is 19.3. The summed E-state index contributed by atoms with van der Waals surface area (Å²) in [7, 11) is 0. The lowest BCUT2D eigenvalue weighted by Gasteiger charge is -2.48. The Balaban J connectivity index is 1.31. The molecule has 2 saturated heterocycles. The van der Waals surface area contributed by atoms with Crippen LogP contribution in [0.2, 0.25) is 0 Å². The Kier molecular flexibility index (Phi) is 6.17. The lowest BCUT2D eigenvalue weighted by atomic mass is 9.81. The summed E-state index contributed by atoms with van der Waals surface area (Å²) in [5.41, 5.74) is 0.788. The number of hydrogen-bond donors (Lipinski definition) is 2. The molecule has 0 saturated carbocycles. The molecule has 2 bridgehead atoms. The second kappa shape index (κ2) is 8.97. The van der Waals surface area contributed by atoms with Crippen molar-refractivity contribution >= 4 is 23.1 Å². The fraction of sp³-hybridized carbons (Fsp3) is 0.500. The van der Waals surface area contributed by atoms with E-state index in [4.69, 9.17) is 4.74 Å². The molecule has 2 aromatic rings. The number of fused-ring (bicyclic) bond motifs is 2. The van der Waals surface area contributed by atoms with Crippen LogP contribution in [0, 0.1) is 0 Å². The third-order valence-corrected chi connectivity index (χ3v) is 6.66. The molecule has 0 radical (unpaired) electrons. The Hall–Kier alpha value is -2.05. The highest BCUT2D eigenvalue weighted by Crippen LogP contribution is 2.35. The van der Waals surface area contributed by atoms with Crippen LogP contribution in [-0.2, 0) is 6.54 Å². The zero-order valence-corrected chi connectivity index (χ0v) is 17.2. The van der Waals surface area contributed by atoms with E-state index < -0.39 is 0 Å². The normalized spacial score (nSPS) is 24.5. The average molecular weight is 400 g/mol. The molecule has 2 atom stereocenters. The van der Waals surface area contributed by atoms with Crippen molar-refractivity contribution in [1.29, 1.82) is 0 Å². The molecular weight excluding hydrogens is 370 g/mol. The molecule has 0 spiro atoms. The van der Waals surface area contributed by atoms with Gasteiger partial charge in [-0.25, -0.2) is 4.79 Å². The Bertz CT molecular complexity index is 749. The first-order valence-electron chi connectivity index (χ1n) is 10.3. The minimum atomic E-state index is -0.112. The van der Waals surface area contributed by atoms with Gasteiger partial charge in [-0.05, 0) is 68.3 Å². The van der Waals surface area contributed by atoms with E-state index in [0.29, 0.717) is 18.7 Å². The number of amides is 2. The van der Waals surface area contributed by atoms with Gasteiger partial charge in [-0.15, -0.1) is 11.3 Å². The Morgan fingerprint density at radius 2 is 1.93 bits per heavy atom. The zero-order chi connectivity index (χ0) is 19.3. The van der Waals surface area contributed by atoms with Crippen LogP contribution in [0.1, 0.15) is 43.9 Å². The maximum Gasteiger partial charge on any atom is 0.319 e. The molecule has 2 amide bonds. The number of urea groups is 1. The number of hydrogen-bond acceptors (Lipinski definition) is 4. The van der Waals surface area contributed by atoms with Crippen LogP contribution in [-0.4, -0.2) is 35.7 Å². The standard InChI is InChI=1S/C22H29N3O2S/c1-2-27-20-10-8-16(9-11-20)23-22(26)24-17-13-18-5-3-6-19(14-17)25(18)15-21-7-4-12-28-21/h4,7-12,17-19H,2-3,5-6,13-15H2,1H3,(H2,23,24,26)/t18-,19-/m0/s1. The number of benzene rings is 1. The number of nitrogens with zero attached hydrogens (tertiary/aromatic N) is 1. The van der Waals surface area contributed by atoms with Crippen LogP contribution in [0.3, 0.4) is 0 Å². The van der Waals surface area contributed by atoms with Crippen molar-refractivity contribution in [3.63, 3.8) is 0 Å². The first-order valence-corrected chi connectivity index (χ1v) is 11.2. The van der Waals surface area contributed by atoms with Crippen LogP contribution in [0.4, 0.5) is 10.5 Å². The molecular formula is C22H29N3O2S. The highest BCUT2D eigenvalue weighted by molar-refractivity contribution is 7.09. The van der Waals surface area contributed by atoms with Crippen molar-refractivity contribution in [1.82, 2.24) is 10.2 Å². The number of piperidine rings is 2. The van der Waals surface area contributed by atoms with Gasteiger partial charge in [0.25, 0.3) is 0 Å². The van der Waals surface area contributed by atoms with E-state index in [0.717, 1.165) is 30.8 Å². The fourth-order valence-electron chi connectivity index (χ4n) is 4.59. The van der Waals surface area contributed by atoms with E-state index in [1.165, 1.54) is 24.1 Å². The third kappa shape index (κ3) is 4.67. The molecule has 150 valence electrons. The zero-order valence-electron chi connectivity index (χ0n) is 16.4. The lowest BCUT2D eigenvalue weighted by molar-refractivity contribution is 0.0208. The van der Waals surface area contributed by atoms with E-state index >= 15 is 0 Å². The Morgan fingerprint density at radius 3 is 2.57 bits per heavy atom. The average Bonchev–Trinajstić information content (AvgIpc) is 3.17. The predicted molar refractivity (Wildman–Crippen MR) is 114 cm³/mol. The molecule has 2 aliphatic rings. The largest absolute Gasteiger partial charge is 0.494 e. The number of ether oxygens (including phenoxy) is 1. The van der Waals surface area contributed by atoms with Gasteiger partial charge in [0, 0.05) is 35.2 Å². The Morgan fingerprint density at radius 1 is 1.18 bits per heavy atom. The molecule has 2 N–H and O–H groups in total. The fourth-order valence-corrected chi connectivity index (χ4v) is 5.30. The van der Waals surface area contributed by atoms with Crippen molar-refractivity contribution in [2.24, 2.45) is 0 Å². The molecule has 2 aliphatic heterocycles. The van der Waals surface area contributed by atoms with E-state index in [1.807, 2.05) is 42.5 Å². The molecule has 4 rings (SSSR count). The summed E-state index contributed by atoms with van der Waals surface area (Å²) in [6, 6.07) is 13.2. The van der Waals surface area contributed by atoms with Gasteiger partial charge in [0.15, 0.2) is 0 Å². The van der Waals surface area contributed by atoms with E-state index in [1.54, 1.807) is 0 Å². The molecule has 6 heteroatoms. The summed E-state index contributed by atoms with van der Waals surface area (Å²) >= 11 is 1.84. The van der Waals surface area contributed by atoms with Crippen LogP contribution in [0.5, 0.6) is 5.75 Å². The number of carbonyl (C=O) groups excluding carboxylic acids is 1. The number of rotatable bonds is 6. The highest BCUT2D eigenvalue weighted by Gasteiger charge is 2.38. The molecule has 1 aromatic heterocycles. The highest BCUT2D eigenvalue weighted by atomic mass is 32.1. The smallest absolute Gasteiger partial charge is 0.319 e. The summed E-state index contributed by atoms with van der Waals surface area (Å²) in [5, 5.41) is 8.32. The summed E-state index contributed by atoms with van der Waals surface area (Å²) in [6.45, 7) is 3.65. The number of anilines is 1. The maximum atomic E-state index is 12.5. The van der Waals surface area contributed by atoms with Gasteiger partial charge in [-0.1, -0.05) is 12.5 Å². The van der Waals surface area contributed by atoms with E-state index in [-0.39, 0.29) is 12.1 Å². The minimum absolute atomic E-state index is 0.112. The third-order valence-electron chi connectivity index (χ3n) is 5.80. The SMILES string of the molecule is CCOc1ccc(NC(=O)NC2C[C@@H]3CCC[C@@H](C2)N3Cc2cccs2)cc1. The number of nitrogens with one attached hydrogen (secondary N) is 2. The van der Waals surface area contributed by atoms with Gasteiger partial charge in [-0.3, -0.25) is 4.90 Å². The molecule has 5 nitrogen and oxygen atoms in total. The quantitative estimate of drug-likeness (QED) is 0.730. The van der Waals surface area contributed by atoms with Crippen molar-refractivity contribution in [3.05, 3.63) is 46.7 Å². The topological polar surface area (TPSA) is 53.6 Å². The Labute approximate surface area is 171 Å². The van der Waals surface area contributed by atoms with Crippen molar-refractivity contribution in [3.8, 4) is 5.75 Å². The van der Waals surface area contributed by atoms with Crippen LogP contribution in [0.25, 0.3) is 0 Å². The number of carbonyl (C=O) groups is 1. The van der Waals surface area contributed by atoms with Gasteiger partial charge < -0.3 is 15.4 Å². The molecule has 3 heterocycles. The second-order valence-corrected chi connectivity index (χ2v) is 8.75. The molecule has 0 unspecified atom stereocenters. The minimum Gasteiger partial charge on any atom is -0.494 e. The molecule has 0 aliphatic carbocycles. The summed E-state index contributed by atoms with van der Waals surface area (Å²) in [4.78, 5) is 16.6. The summed E-state index contributed by atoms with van der Waals surface area (Å²) < 4.78 is 5.44. The van der Waals surface area contributed by atoms with Crippen LogP contribution < -0.4 is 15.4 Å². The molecule has 28 heavy (non-hydrogen) atoms. The molecule has 1 aromatic carbocycles. The van der Waals surface area contributed by atoms with Crippen molar-refractivity contribution in [2.45, 2.75) is 63.7 Å². The van der Waals surface area contributed by atoms with Crippen LogP contribution >= 0.6 is 11.3 Å². The summed E-state index contributed by atoms with van der Waals surface area (Å²) in [5.74, 6) is 0.819. The van der Waals surface area contributed by atoms with Gasteiger partial charge in [-0.2, -0.15) is 0 Å². The second-order valence-electron chi connectivity index (χ2n) is 7.71. The van der Waals surface area contributed by atoms with E-state index in [2.05, 4.69) is 33.0 Å². The monoisotopic (exact) mass is 399 g/mol. The number of thiophene rings is 1. The first-order chi connectivity index (χ1) is 13.7. The predicted octanol–water partition coefficient (Wildman–Crippen LogP) is 4.85. The van der Waals surface area contributed by atoms with Gasteiger partial charge in [0.2, 0.25) is 0 Å². The summed E-state index contributed by atoms with van der Waals surface area (Å²) in [6.07, 6.45) is 5.86. The van der Waals surface area contributed by atoms with Gasteiger partial charge >= 0.3 is 6.03 Å². The van der Waals surface area contributed by atoms with Crippen molar-refractivity contribution in [2.75, 3.05) is 11.9 Å². The van der Waals surface area contributed by atoms with E-state index in [9.17, 15) is 4.79 Å². The van der Waals surface area contributed by atoms with Crippen molar-refractivity contribution < 1.29 is 9.53 Å².